The summed E-state index contributed by atoms with van der Waals surface area (Å²) in [7, 11) is 0. The van der Waals surface area contributed by atoms with Crippen molar-refractivity contribution in [1.82, 2.24) is 5.32 Å². The van der Waals surface area contributed by atoms with Crippen LogP contribution in [-0.2, 0) is 14.3 Å². The van der Waals surface area contributed by atoms with Crippen molar-refractivity contribution >= 4 is 23.8 Å². The number of carboxylic acid groups (broad SMARTS) is 1. The maximum Gasteiger partial charge on any atom is 0.408 e. The molecule has 0 aliphatic rings. The number of ether oxygens (including phenoxy) is 2. The van der Waals surface area contributed by atoms with Crippen molar-refractivity contribution in [1.29, 1.82) is 0 Å². The Labute approximate surface area is 124 Å². The van der Waals surface area contributed by atoms with Crippen LogP contribution in [0.3, 0.4) is 0 Å². The van der Waals surface area contributed by atoms with E-state index in [4.69, 9.17) is 14.6 Å². The Balaban J connectivity index is 3.99. The van der Waals surface area contributed by atoms with E-state index in [1.54, 1.807) is 20.8 Å². The molecule has 0 rings (SSSR count). The third-order valence-corrected chi connectivity index (χ3v) is 3.20. The first-order chi connectivity index (χ1) is 9.26. The molecule has 0 aromatic rings. The molecule has 2 N–H and O–H groups in total. The summed E-state index contributed by atoms with van der Waals surface area (Å²) in [6.07, 6.45) is 0.150. The quantitative estimate of drug-likeness (QED) is 0.635. The lowest BCUT2D eigenvalue weighted by Gasteiger charge is -2.21. The molecule has 0 aliphatic heterocycles. The van der Waals surface area contributed by atoms with Gasteiger partial charge in [0.1, 0.15) is 11.6 Å². The third-order valence-electron chi connectivity index (χ3n) is 2.06. The van der Waals surface area contributed by atoms with E-state index < -0.39 is 23.7 Å². The summed E-state index contributed by atoms with van der Waals surface area (Å²) in [5.74, 6) is 0.0358. The van der Waals surface area contributed by atoms with Gasteiger partial charge < -0.3 is 19.9 Å². The van der Waals surface area contributed by atoms with Crippen LogP contribution >= 0.6 is 11.8 Å². The molecule has 0 spiro atoms. The number of nitrogens with one attached hydrogen (secondary N) is 1. The molecule has 118 valence electrons. The molecular formula is C13H25NO5S. The van der Waals surface area contributed by atoms with Crippen molar-refractivity contribution in [3.63, 3.8) is 0 Å². The summed E-state index contributed by atoms with van der Waals surface area (Å²) in [4.78, 5) is 22.6. The predicted octanol–water partition coefficient (Wildman–Crippen LogP) is 2.12. The molecule has 1 amide bonds. The number of thioether (sulfide) groups is 1. The minimum atomic E-state index is -1.06. The number of carboxylic acids is 1. The fourth-order valence-corrected chi connectivity index (χ4v) is 2.18. The van der Waals surface area contributed by atoms with Gasteiger partial charge in [-0.3, -0.25) is 0 Å². The van der Waals surface area contributed by atoms with E-state index in [0.29, 0.717) is 19.0 Å². The molecular weight excluding hydrogens is 282 g/mol. The molecule has 6 nitrogen and oxygen atoms in total. The molecule has 0 heterocycles. The van der Waals surface area contributed by atoms with Crippen LogP contribution in [0.5, 0.6) is 0 Å². The largest absolute Gasteiger partial charge is 0.480 e. The Hall–Kier alpha value is -0.950. The molecule has 0 aliphatic carbocycles. The van der Waals surface area contributed by atoms with Crippen LogP contribution in [0.4, 0.5) is 4.79 Å². The lowest BCUT2D eigenvalue weighted by molar-refractivity contribution is -0.138. The van der Waals surface area contributed by atoms with E-state index in [1.165, 1.54) is 11.8 Å². The summed E-state index contributed by atoms with van der Waals surface area (Å²) in [5, 5.41) is 11.4. The van der Waals surface area contributed by atoms with Crippen molar-refractivity contribution < 1.29 is 24.2 Å². The molecule has 7 heteroatoms. The molecule has 0 fully saturated rings. The van der Waals surface area contributed by atoms with Gasteiger partial charge in [-0.05, 0) is 39.9 Å². The fourth-order valence-electron chi connectivity index (χ4n) is 1.23. The van der Waals surface area contributed by atoms with Crippen LogP contribution < -0.4 is 5.32 Å². The van der Waals surface area contributed by atoms with Gasteiger partial charge in [0.25, 0.3) is 0 Å². The first-order valence-corrected chi connectivity index (χ1v) is 7.79. The highest BCUT2D eigenvalue weighted by molar-refractivity contribution is 7.99. The van der Waals surface area contributed by atoms with Crippen molar-refractivity contribution in [3.05, 3.63) is 0 Å². The van der Waals surface area contributed by atoms with Gasteiger partial charge in [-0.2, -0.15) is 11.8 Å². The molecule has 1 atom stereocenters. The number of rotatable bonds is 9. The van der Waals surface area contributed by atoms with Crippen LogP contribution in [0.15, 0.2) is 0 Å². The van der Waals surface area contributed by atoms with Gasteiger partial charge in [0.05, 0.1) is 0 Å². The number of hydrogen-bond donors (Lipinski definition) is 2. The number of alkyl carbamates (subject to hydrolysis) is 1. The first-order valence-electron chi connectivity index (χ1n) is 6.64. The third kappa shape index (κ3) is 10.9. The van der Waals surface area contributed by atoms with Crippen molar-refractivity contribution in [2.75, 3.05) is 24.7 Å². The Morgan fingerprint density at radius 2 is 2.00 bits per heavy atom. The summed E-state index contributed by atoms with van der Waals surface area (Å²) >= 11 is 1.47. The Morgan fingerprint density at radius 1 is 1.35 bits per heavy atom. The highest BCUT2D eigenvalue weighted by Crippen LogP contribution is 2.09. The molecule has 20 heavy (non-hydrogen) atoms. The van der Waals surface area contributed by atoms with E-state index in [9.17, 15) is 9.59 Å². The zero-order valence-electron chi connectivity index (χ0n) is 12.6. The number of aliphatic carboxylic acids is 1. The van der Waals surface area contributed by atoms with Gasteiger partial charge in [-0.15, -0.1) is 0 Å². The number of carbonyl (C=O) groups excluding carboxylic acids is 1. The maximum atomic E-state index is 11.5. The Bertz CT molecular complexity index is 304. The predicted molar refractivity (Wildman–Crippen MR) is 79.2 cm³/mol. The SMILES string of the molecule is CCOCCCSCC(NC(=O)OC(C)(C)C)C(=O)O. The average molecular weight is 307 g/mol. The van der Waals surface area contributed by atoms with E-state index in [1.807, 2.05) is 6.92 Å². The van der Waals surface area contributed by atoms with E-state index >= 15 is 0 Å². The lowest BCUT2D eigenvalue weighted by atomic mass is 10.2. The van der Waals surface area contributed by atoms with E-state index in [-0.39, 0.29) is 0 Å². The fraction of sp³-hybridized carbons (Fsp3) is 0.846. The van der Waals surface area contributed by atoms with Gasteiger partial charge in [0.2, 0.25) is 0 Å². The smallest absolute Gasteiger partial charge is 0.408 e. The van der Waals surface area contributed by atoms with E-state index in [0.717, 1.165) is 12.2 Å². The molecule has 0 saturated carbocycles. The molecule has 0 aromatic carbocycles. The second-order valence-corrected chi connectivity index (χ2v) is 6.31. The van der Waals surface area contributed by atoms with Crippen molar-refractivity contribution in [3.8, 4) is 0 Å². The zero-order chi connectivity index (χ0) is 15.6. The van der Waals surface area contributed by atoms with Gasteiger partial charge in [-0.25, -0.2) is 9.59 Å². The average Bonchev–Trinajstić information content (AvgIpc) is 2.29. The van der Waals surface area contributed by atoms with Gasteiger partial charge in [0.15, 0.2) is 0 Å². The standard InChI is InChI=1S/C13H25NO5S/c1-5-18-7-6-8-20-9-10(11(15)16)14-12(17)19-13(2,3)4/h10H,5-9H2,1-4H3,(H,14,17)(H,15,16). The zero-order valence-corrected chi connectivity index (χ0v) is 13.4. The molecule has 0 saturated heterocycles. The molecule has 1 unspecified atom stereocenters. The number of hydrogen-bond acceptors (Lipinski definition) is 5. The van der Waals surface area contributed by atoms with Crippen LogP contribution in [0.1, 0.15) is 34.1 Å². The molecule has 0 aromatic heterocycles. The van der Waals surface area contributed by atoms with Crippen LogP contribution in [0.2, 0.25) is 0 Å². The van der Waals surface area contributed by atoms with Gasteiger partial charge in [-0.1, -0.05) is 0 Å². The minimum absolute atomic E-state index is 0.306. The maximum absolute atomic E-state index is 11.5. The second kappa shape index (κ2) is 9.88. The summed E-state index contributed by atoms with van der Waals surface area (Å²) in [6.45, 7) is 8.46. The highest BCUT2D eigenvalue weighted by atomic mass is 32.2. The molecule has 0 radical (unpaired) electrons. The van der Waals surface area contributed by atoms with Crippen LogP contribution in [-0.4, -0.2) is 53.5 Å². The monoisotopic (exact) mass is 307 g/mol. The Kier molecular flexibility index (Phi) is 9.41. The van der Waals surface area contributed by atoms with Crippen LogP contribution in [0.25, 0.3) is 0 Å². The number of carbonyl (C=O) groups is 2. The summed E-state index contributed by atoms with van der Waals surface area (Å²) in [6, 6.07) is -0.943. The number of amides is 1. The van der Waals surface area contributed by atoms with Crippen LogP contribution in [0, 0.1) is 0 Å². The summed E-state index contributed by atoms with van der Waals surface area (Å²) < 4.78 is 10.2. The van der Waals surface area contributed by atoms with Crippen molar-refractivity contribution in [2.45, 2.75) is 45.8 Å². The summed E-state index contributed by atoms with van der Waals surface area (Å²) in [5.41, 5.74) is -0.641. The first kappa shape index (κ1) is 19.1. The van der Waals surface area contributed by atoms with Gasteiger partial charge in [0, 0.05) is 19.0 Å². The highest BCUT2D eigenvalue weighted by Gasteiger charge is 2.23. The van der Waals surface area contributed by atoms with E-state index in [2.05, 4.69) is 5.32 Å². The topological polar surface area (TPSA) is 84.9 Å². The van der Waals surface area contributed by atoms with Crippen molar-refractivity contribution in [2.24, 2.45) is 0 Å². The normalized spacial score (nSPS) is 12.8. The van der Waals surface area contributed by atoms with Gasteiger partial charge >= 0.3 is 12.1 Å². The lowest BCUT2D eigenvalue weighted by Crippen LogP contribution is -2.45. The second-order valence-electron chi connectivity index (χ2n) is 5.16. The minimum Gasteiger partial charge on any atom is -0.480 e. The Morgan fingerprint density at radius 3 is 2.50 bits per heavy atom. The molecule has 0 bridgehead atoms.